The van der Waals surface area contributed by atoms with E-state index >= 15 is 0 Å². The summed E-state index contributed by atoms with van der Waals surface area (Å²) in [7, 11) is -3.91. The summed E-state index contributed by atoms with van der Waals surface area (Å²) in [5, 5.41) is 3.08. The van der Waals surface area contributed by atoms with E-state index in [0.29, 0.717) is 5.69 Å². The highest BCUT2D eigenvalue weighted by atomic mass is 127. The molecule has 1 atom stereocenters. The van der Waals surface area contributed by atoms with Crippen LogP contribution in [0.3, 0.4) is 0 Å². The standard InChI is InChI=1S/C27H29IN2O3S/c1-2-26(22-13-12-20-8-6-7-9-21(20)18-22)29-27(31)19-30(24-16-14-23(28)15-17-24)34(32,33)25-10-4-3-5-11-25/h3-5,10-18,26H,2,6-9,19H2,1H3,(H,29,31). The van der Waals surface area contributed by atoms with Gasteiger partial charge in [-0.1, -0.05) is 43.3 Å². The Morgan fingerprint density at radius 1 is 0.971 bits per heavy atom. The van der Waals surface area contributed by atoms with Crippen molar-refractivity contribution >= 4 is 44.2 Å². The minimum atomic E-state index is -3.91. The summed E-state index contributed by atoms with van der Waals surface area (Å²) in [6.07, 6.45) is 5.33. The molecule has 0 spiro atoms. The highest BCUT2D eigenvalue weighted by Gasteiger charge is 2.28. The third-order valence-electron chi connectivity index (χ3n) is 6.25. The first kappa shape index (κ1) is 24.7. The van der Waals surface area contributed by atoms with Crippen LogP contribution in [-0.4, -0.2) is 20.9 Å². The Labute approximate surface area is 215 Å². The van der Waals surface area contributed by atoms with Crippen LogP contribution in [0.1, 0.15) is 48.9 Å². The number of hydrogen-bond donors (Lipinski definition) is 1. The van der Waals surface area contributed by atoms with E-state index in [1.165, 1.54) is 28.3 Å². The lowest BCUT2D eigenvalue weighted by Crippen LogP contribution is -2.42. The van der Waals surface area contributed by atoms with Gasteiger partial charge in [0.15, 0.2) is 0 Å². The van der Waals surface area contributed by atoms with Crippen molar-refractivity contribution < 1.29 is 13.2 Å². The second kappa shape index (κ2) is 10.9. The highest BCUT2D eigenvalue weighted by Crippen LogP contribution is 2.27. The smallest absolute Gasteiger partial charge is 0.264 e. The lowest BCUT2D eigenvalue weighted by Gasteiger charge is -2.26. The first-order valence-corrected chi connectivity index (χ1v) is 14.1. The first-order chi connectivity index (χ1) is 16.4. The number of sulfonamides is 1. The predicted molar refractivity (Wildman–Crippen MR) is 144 cm³/mol. The molecule has 1 N–H and O–H groups in total. The lowest BCUT2D eigenvalue weighted by molar-refractivity contribution is -0.120. The lowest BCUT2D eigenvalue weighted by atomic mass is 9.89. The van der Waals surface area contributed by atoms with E-state index in [0.717, 1.165) is 28.4 Å². The normalized spacial score (nSPS) is 14.2. The van der Waals surface area contributed by atoms with Crippen LogP contribution in [0, 0.1) is 3.57 Å². The number of carbonyl (C=O) groups excluding carboxylic acids is 1. The van der Waals surface area contributed by atoms with Crippen molar-refractivity contribution in [2.45, 2.75) is 50.0 Å². The number of rotatable bonds is 8. The molecule has 0 saturated heterocycles. The zero-order valence-corrected chi connectivity index (χ0v) is 22.2. The summed E-state index contributed by atoms with van der Waals surface area (Å²) >= 11 is 2.17. The molecular weight excluding hydrogens is 559 g/mol. The van der Waals surface area contributed by atoms with E-state index in [1.54, 1.807) is 42.5 Å². The van der Waals surface area contributed by atoms with Crippen molar-refractivity contribution in [1.29, 1.82) is 0 Å². The number of benzene rings is 3. The topological polar surface area (TPSA) is 66.5 Å². The van der Waals surface area contributed by atoms with E-state index in [9.17, 15) is 13.2 Å². The molecule has 0 fully saturated rings. The van der Waals surface area contributed by atoms with Gasteiger partial charge in [-0.25, -0.2) is 8.42 Å². The van der Waals surface area contributed by atoms with Gasteiger partial charge < -0.3 is 5.32 Å². The van der Waals surface area contributed by atoms with Crippen molar-refractivity contribution in [3.05, 3.63) is 93.1 Å². The maximum absolute atomic E-state index is 13.5. The van der Waals surface area contributed by atoms with Crippen molar-refractivity contribution in [2.75, 3.05) is 10.8 Å². The van der Waals surface area contributed by atoms with Crippen LogP contribution in [0.5, 0.6) is 0 Å². The number of fused-ring (bicyclic) bond motifs is 1. The minimum absolute atomic E-state index is 0.156. The van der Waals surface area contributed by atoms with Crippen molar-refractivity contribution in [2.24, 2.45) is 0 Å². The summed E-state index contributed by atoms with van der Waals surface area (Å²) in [6, 6.07) is 21.7. The van der Waals surface area contributed by atoms with Crippen molar-refractivity contribution in [3.63, 3.8) is 0 Å². The third-order valence-corrected chi connectivity index (χ3v) is 8.76. The molecule has 34 heavy (non-hydrogen) atoms. The van der Waals surface area contributed by atoms with E-state index in [-0.39, 0.29) is 23.4 Å². The Hall–Kier alpha value is -2.39. The Balaban J connectivity index is 1.58. The number of aryl methyl sites for hydroxylation is 2. The fourth-order valence-corrected chi connectivity index (χ4v) is 6.21. The summed E-state index contributed by atoms with van der Waals surface area (Å²) < 4.78 is 29.1. The second-order valence-electron chi connectivity index (χ2n) is 8.56. The second-order valence-corrected chi connectivity index (χ2v) is 11.7. The zero-order valence-electron chi connectivity index (χ0n) is 19.2. The molecule has 1 unspecified atom stereocenters. The van der Waals surface area contributed by atoms with Gasteiger partial charge in [0, 0.05) is 3.57 Å². The number of amides is 1. The Morgan fingerprint density at radius 2 is 1.65 bits per heavy atom. The molecule has 0 heterocycles. The van der Waals surface area contributed by atoms with Crippen LogP contribution in [-0.2, 0) is 27.7 Å². The van der Waals surface area contributed by atoms with E-state index in [4.69, 9.17) is 0 Å². The molecule has 7 heteroatoms. The number of hydrogen-bond acceptors (Lipinski definition) is 3. The van der Waals surface area contributed by atoms with E-state index < -0.39 is 10.0 Å². The maximum Gasteiger partial charge on any atom is 0.264 e. The number of halogens is 1. The molecule has 0 radical (unpaired) electrons. The zero-order chi connectivity index (χ0) is 24.1. The third kappa shape index (κ3) is 5.63. The molecule has 178 valence electrons. The van der Waals surface area contributed by atoms with Crippen LogP contribution in [0.25, 0.3) is 0 Å². The van der Waals surface area contributed by atoms with Crippen LogP contribution >= 0.6 is 22.6 Å². The summed E-state index contributed by atoms with van der Waals surface area (Å²) in [4.78, 5) is 13.3. The van der Waals surface area contributed by atoms with Crippen LogP contribution in [0.4, 0.5) is 5.69 Å². The van der Waals surface area contributed by atoms with Crippen LogP contribution < -0.4 is 9.62 Å². The van der Waals surface area contributed by atoms with Gasteiger partial charge in [-0.3, -0.25) is 9.10 Å². The number of nitrogens with zero attached hydrogens (tertiary/aromatic N) is 1. The number of anilines is 1. The Kier molecular flexibility index (Phi) is 7.93. The van der Waals surface area contributed by atoms with Crippen molar-refractivity contribution in [1.82, 2.24) is 5.32 Å². The molecule has 1 aliphatic rings. The molecule has 1 amide bonds. The predicted octanol–water partition coefficient (Wildman–Crippen LogP) is 5.63. The molecule has 0 aliphatic heterocycles. The molecule has 0 saturated carbocycles. The van der Waals surface area contributed by atoms with E-state index in [1.807, 2.05) is 19.1 Å². The highest BCUT2D eigenvalue weighted by molar-refractivity contribution is 14.1. The summed E-state index contributed by atoms with van der Waals surface area (Å²) in [6.45, 7) is 1.74. The van der Waals surface area contributed by atoms with Gasteiger partial charge in [0.05, 0.1) is 16.6 Å². The fraction of sp³-hybridized carbons (Fsp3) is 0.296. The number of nitrogens with one attached hydrogen (secondary N) is 1. The molecule has 0 aromatic heterocycles. The first-order valence-electron chi connectivity index (χ1n) is 11.6. The van der Waals surface area contributed by atoms with Crippen LogP contribution in [0.15, 0.2) is 77.7 Å². The molecule has 3 aromatic rings. The quantitative estimate of drug-likeness (QED) is 0.347. The minimum Gasteiger partial charge on any atom is -0.348 e. The SMILES string of the molecule is CCC(NC(=O)CN(c1ccc(I)cc1)S(=O)(=O)c1ccccc1)c1ccc2c(c1)CCCC2. The fourth-order valence-electron chi connectivity index (χ4n) is 4.40. The van der Waals surface area contributed by atoms with E-state index in [2.05, 4.69) is 46.1 Å². The monoisotopic (exact) mass is 588 g/mol. The molecule has 0 bridgehead atoms. The van der Waals surface area contributed by atoms with Gasteiger partial charge >= 0.3 is 0 Å². The van der Waals surface area contributed by atoms with Gasteiger partial charge in [0.2, 0.25) is 5.91 Å². The molecule has 1 aliphatic carbocycles. The van der Waals surface area contributed by atoms with Gasteiger partial charge in [-0.2, -0.15) is 0 Å². The summed E-state index contributed by atoms with van der Waals surface area (Å²) in [5.74, 6) is -0.331. The average molecular weight is 589 g/mol. The summed E-state index contributed by atoms with van der Waals surface area (Å²) in [5.41, 5.74) is 4.29. The van der Waals surface area contributed by atoms with Crippen molar-refractivity contribution in [3.8, 4) is 0 Å². The molecule has 4 rings (SSSR count). The number of carbonyl (C=O) groups is 1. The molecule has 3 aromatic carbocycles. The molecular formula is C27H29IN2O3S. The van der Waals surface area contributed by atoms with Gasteiger partial charge in [-0.15, -0.1) is 0 Å². The van der Waals surface area contributed by atoms with Gasteiger partial charge in [0.1, 0.15) is 6.54 Å². The van der Waals surface area contributed by atoms with Gasteiger partial charge in [0.25, 0.3) is 10.0 Å². The maximum atomic E-state index is 13.5. The Bertz CT molecular complexity index is 1240. The average Bonchev–Trinajstić information content (AvgIpc) is 2.86. The largest absolute Gasteiger partial charge is 0.348 e. The van der Waals surface area contributed by atoms with Gasteiger partial charge in [-0.05, 0) is 108 Å². The molecule has 5 nitrogen and oxygen atoms in total. The Morgan fingerprint density at radius 3 is 2.32 bits per heavy atom. The van der Waals surface area contributed by atoms with Crippen LogP contribution in [0.2, 0.25) is 0 Å².